The second-order valence-corrected chi connectivity index (χ2v) is 9.50. The first kappa shape index (κ1) is 19.6. The molecule has 2 aliphatic heterocycles. The summed E-state index contributed by atoms with van der Waals surface area (Å²) in [5.41, 5.74) is 0.848. The van der Waals surface area contributed by atoms with Crippen LogP contribution in [-0.2, 0) is 16.0 Å². The molecule has 7 heteroatoms. The van der Waals surface area contributed by atoms with Crippen molar-refractivity contribution in [2.45, 2.75) is 44.9 Å². The molecule has 4 heterocycles. The molecule has 0 spiro atoms. The van der Waals surface area contributed by atoms with E-state index in [1.807, 2.05) is 21.7 Å². The van der Waals surface area contributed by atoms with Crippen LogP contribution in [-0.4, -0.2) is 52.8 Å². The van der Waals surface area contributed by atoms with E-state index in [4.69, 9.17) is 0 Å². The second kappa shape index (κ2) is 9.18. The lowest BCUT2D eigenvalue weighted by Gasteiger charge is -2.34. The fraction of sp³-hybridized carbons (Fsp3) is 0.571. The summed E-state index contributed by atoms with van der Waals surface area (Å²) in [6.45, 7) is 3.19. The Labute approximate surface area is 174 Å². The third-order valence-corrected chi connectivity index (χ3v) is 7.66. The van der Waals surface area contributed by atoms with Crippen molar-refractivity contribution in [1.82, 2.24) is 14.8 Å². The van der Waals surface area contributed by atoms with Gasteiger partial charge >= 0.3 is 0 Å². The van der Waals surface area contributed by atoms with E-state index in [1.54, 1.807) is 22.7 Å². The number of likely N-dealkylation sites (tertiary alicyclic amines) is 2. The fourth-order valence-corrected chi connectivity index (χ4v) is 5.73. The molecular weight excluding hydrogens is 390 g/mol. The van der Waals surface area contributed by atoms with Gasteiger partial charge < -0.3 is 9.80 Å². The second-order valence-electron chi connectivity index (χ2n) is 7.69. The van der Waals surface area contributed by atoms with Crippen LogP contribution in [0.4, 0.5) is 0 Å². The molecule has 2 aliphatic rings. The van der Waals surface area contributed by atoms with E-state index in [2.05, 4.69) is 16.0 Å². The Morgan fingerprint density at radius 1 is 1.00 bits per heavy atom. The van der Waals surface area contributed by atoms with E-state index >= 15 is 0 Å². The van der Waals surface area contributed by atoms with Gasteiger partial charge in [0.25, 0.3) is 0 Å². The van der Waals surface area contributed by atoms with Gasteiger partial charge in [-0.1, -0.05) is 18.9 Å². The van der Waals surface area contributed by atoms with Crippen molar-refractivity contribution in [3.8, 4) is 9.88 Å². The Hall–Kier alpha value is -1.73. The lowest BCUT2D eigenvalue weighted by atomic mass is 9.95. The largest absolute Gasteiger partial charge is 0.342 e. The number of thiazole rings is 1. The molecule has 0 saturated carbocycles. The smallest absolute Gasteiger partial charge is 0.228 e. The van der Waals surface area contributed by atoms with E-state index in [0.717, 1.165) is 54.4 Å². The van der Waals surface area contributed by atoms with Crippen molar-refractivity contribution in [3.05, 3.63) is 28.6 Å². The van der Waals surface area contributed by atoms with E-state index in [-0.39, 0.29) is 11.8 Å². The summed E-state index contributed by atoms with van der Waals surface area (Å²) in [5.74, 6) is 0.532. The van der Waals surface area contributed by atoms with Crippen LogP contribution in [0.1, 0.15) is 44.2 Å². The molecule has 5 nitrogen and oxygen atoms in total. The van der Waals surface area contributed by atoms with Gasteiger partial charge in [-0.25, -0.2) is 4.98 Å². The zero-order chi connectivity index (χ0) is 19.3. The lowest BCUT2D eigenvalue weighted by Crippen LogP contribution is -2.45. The Morgan fingerprint density at radius 3 is 2.43 bits per heavy atom. The first-order valence-corrected chi connectivity index (χ1v) is 12.0. The normalized spacial score (nSPS) is 18.9. The number of rotatable bonds is 4. The Kier molecular flexibility index (Phi) is 6.42. The van der Waals surface area contributed by atoms with Gasteiger partial charge in [-0.2, -0.15) is 0 Å². The zero-order valence-corrected chi connectivity index (χ0v) is 17.8. The molecule has 0 bridgehead atoms. The number of thiophene rings is 1. The van der Waals surface area contributed by atoms with Crippen LogP contribution in [0.15, 0.2) is 22.9 Å². The van der Waals surface area contributed by atoms with Gasteiger partial charge in [-0.15, -0.1) is 22.7 Å². The molecule has 0 atom stereocenters. The summed E-state index contributed by atoms with van der Waals surface area (Å²) in [5, 5.41) is 5.01. The van der Waals surface area contributed by atoms with Crippen LogP contribution in [0.3, 0.4) is 0 Å². The van der Waals surface area contributed by atoms with Gasteiger partial charge in [0.2, 0.25) is 11.8 Å². The molecule has 0 radical (unpaired) electrons. The van der Waals surface area contributed by atoms with Gasteiger partial charge in [0.1, 0.15) is 5.01 Å². The highest BCUT2D eigenvalue weighted by Crippen LogP contribution is 2.28. The molecule has 0 aromatic carbocycles. The molecule has 28 heavy (non-hydrogen) atoms. The monoisotopic (exact) mass is 417 g/mol. The first-order chi connectivity index (χ1) is 13.7. The zero-order valence-electron chi connectivity index (χ0n) is 16.1. The van der Waals surface area contributed by atoms with Crippen LogP contribution >= 0.6 is 22.7 Å². The Morgan fingerprint density at radius 2 is 1.75 bits per heavy atom. The van der Waals surface area contributed by atoms with Gasteiger partial charge in [0.15, 0.2) is 0 Å². The van der Waals surface area contributed by atoms with Crippen LogP contribution < -0.4 is 0 Å². The van der Waals surface area contributed by atoms with E-state index in [9.17, 15) is 9.59 Å². The van der Waals surface area contributed by atoms with E-state index in [0.29, 0.717) is 25.4 Å². The van der Waals surface area contributed by atoms with Crippen molar-refractivity contribution in [2.24, 2.45) is 5.92 Å². The SMILES string of the molecule is O=C(Cc1csc(-c2cccs2)n1)N1CCC(C(=O)N2CCCCCC2)CC1. The maximum atomic E-state index is 12.8. The van der Waals surface area contributed by atoms with Crippen molar-refractivity contribution < 1.29 is 9.59 Å². The molecule has 0 N–H and O–H groups in total. The molecule has 2 saturated heterocycles. The minimum atomic E-state index is 0.0897. The first-order valence-electron chi connectivity index (χ1n) is 10.3. The number of amides is 2. The predicted molar refractivity (Wildman–Crippen MR) is 113 cm³/mol. The number of hydrogen-bond donors (Lipinski definition) is 0. The number of hydrogen-bond acceptors (Lipinski definition) is 5. The number of piperidine rings is 1. The van der Waals surface area contributed by atoms with Crippen molar-refractivity contribution in [1.29, 1.82) is 0 Å². The van der Waals surface area contributed by atoms with E-state index < -0.39 is 0 Å². The molecule has 150 valence electrons. The number of carbonyl (C=O) groups excluding carboxylic acids is 2. The van der Waals surface area contributed by atoms with E-state index in [1.165, 1.54) is 12.8 Å². The van der Waals surface area contributed by atoms with Crippen LogP contribution in [0.5, 0.6) is 0 Å². The van der Waals surface area contributed by atoms with Gasteiger partial charge in [0.05, 0.1) is 17.0 Å². The van der Waals surface area contributed by atoms with Crippen molar-refractivity contribution in [3.63, 3.8) is 0 Å². The summed E-state index contributed by atoms with van der Waals surface area (Å²) in [4.78, 5) is 35.2. The number of aromatic nitrogens is 1. The summed E-state index contributed by atoms with van der Waals surface area (Å²) in [7, 11) is 0. The Bertz CT molecular complexity index is 786. The summed E-state index contributed by atoms with van der Waals surface area (Å²) in [6, 6.07) is 4.07. The highest BCUT2D eigenvalue weighted by atomic mass is 32.1. The highest BCUT2D eigenvalue weighted by molar-refractivity contribution is 7.20. The standard InChI is InChI=1S/C21H27N3O2S2/c25-19(14-17-15-28-20(22-17)18-6-5-13-27-18)23-11-7-16(8-12-23)21(26)24-9-3-1-2-4-10-24/h5-6,13,15-16H,1-4,7-12,14H2. The van der Waals surface area contributed by atoms with Crippen molar-refractivity contribution >= 4 is 34.5 Å². The van der Waals surface area contributed by atoms with Gasteiger partial charge in [-0.3, -0.25) is 9.59 Å². The average molecular weight is 418 g/mol. The van der Waals surface area contributed by atoms with Crippen molar-refractivity contribution in [2.75, 3.05) is 26.2 Å². The van der Waals surface area contributed by atoms with Gasteiger partial charge in [-0.05, 0) is 37.1 Å². The third-order valence-electron chi connectivity index (χ3n) is 5.73. The summed E-state index contributed by atoms with van der Waals surface area (Å²) in [6.07, 6.45) is 6.67. The fourth-order valence-electron chi connectivity index (χ4n) is 4.09. The minimum Gasteiger partial charge on any atom is -0.342 e. The quantitative estimate of drug-likeness (QED) is 0.754. The number of nitrogens with zero attached hydrogens (tertiary/aromatic N) is 3. The molecule has 0 aliphatic carbocycles. The third kappa shape index (κ3) is 4.63. The van der Waals surface area contributed by atoms with Crippen LogP contribution in [0.2, 0.25) is 0 Å². The molecular formula is C21H27N3O2S2. The predicted octanol–water partition coefficient (Wildman–Crippen LogP) is 4.06. The highest BCUT2D eigenvalue weighted by Gasteiger charge is 2.30. The molecule has 2 fully saturated rings. The lowest BCUT2D eigenvalue weighted by molar-refractivity contribution is -0.140. The Balaban J connectivity index is 1.27. The molecule has 2 amide bonds. The topological polar surface area (TPSA) is 53.5 Å². The molecule has 2 aromatic rings. The van der Waals surface area contributed by atoms with Gasteiger partial charge in [0, 0.05) is 37.5 Å². The molecule has 2 aromatic heterocycles. The molecule has 4 rings (SSSR count). The summed E-state index contributed by atoms with van der Waals surface area (Å²) < 4.78 is 0. The summed E-state index contributed by atoms with van der Waals surface area (Å²) >= 11 is 3.26. The van der Waals surface area contributed by atoms with Crippen LogP contribution in [0, 0.1) is 5.92 Å². The maximum absolute atomic E-state index is 12.8. The van der Waals surface area contributed by atoms with Crippen LogP contribution in [0.25, 0.3) is 9.88 Å². The molecule has 0 unspecified atom stereocenters. The maximum Gasteiger partial charge on any atom is 0.228 e. The minimum absolute atomic E-state index is 0.0897. The number of carbonyl (C=O) groups is 2. The average Bonchev–Trinajstić information content (AvgIpc) is 3.34.